The molecule has 0 aromatic heterocycles. The lowest BCUT2D eigenvalue weighted by Crippen LogP contribution is -2.92. The first-order valence-corrected chi connectivity index (χ1v) is 5.71. The number of rotatable bonds is 5. The number of nitrogens with two attached hydrogens (primary N) is 2. The van der Waals surface area contributed by atoms with E-state index in [9.17, 15) is 4.79 Å². The van der Waals surface area contributed by atoms with Crippen LogP contribution < -0.4 is 15.8 Å². The molecule has 4 N–H and O–H groups in total. The van der Waals surface area contributed by atoms with Gasteiger partial charge in [-0.05, 0) is 45.0 Å². The van der Waals surface area contributed by atoms with Gasteiger partial charge in [0, 0.05) is 5.56 Å². The highest BCUT2D eigenvalue weighted by Gasteiger charge is 2.12. The summed E-state index contributed by atoms with van der Waals surface area (Å²) < 4.78 is 5.18. The molecule has 94 valence electrons. The minimum atomic E-state index is -0.463. The standard InChI is InChI=1S/C13H20N2O2/c1-13(2,3)15-8-10-4-6-11(7-5-10)17-9-12(14)16/h4-7,15H,8-9H2,1-3H3,(H2,14,16)/p+1. The van der Waals surface area contributed by atoms with Crippen molar-refractivity contribution in [2.75, 3.05) is 6.61 Å². The maximum Gasteiger partial charge on any atom is 0.255 e. The topological polar surface area (TPSA) is 68.9 Å². The molecule has 0 saturated heterocycles. The highest BCUT2D eigenvalue weighted by Crippen LogP contribution is 2.11. The second-order valence-electron chi connectivity index (χ2n) is 5.17. The number of quaternary nitrogens is 1. The lowest BCUT2D eigenvalue weighted by molar-refractivity contribution is -0.731. The molecule has 0 saturated carbocycles. The molecule has 1 aromatic carbocycles. The number of hydrogen-bond acceptors (Lipinski definition) is 2. The third-order valence-electron chi connectivity index (χ3n) is 2.25. The van der Waals surface area contributed by atoms with E-state index in [1.165, 1.54) is 5.56 Å². The molecule has 17 heavy (non-hydrogen) atoms. The van der Waals surface area contributed by atoms with Gasteiger partial charge >= 0.3 is 0 Å². The predicted molar refractivity (Wildman–Crippen MR) is 66.5 cm³/mol. The number of hydrogen-bond donors (Lipinski definition) is 2. The van der Waals surface area contributed by atoms with E-state index in [2.05, 4.69) is 26.1 Å². The fourth-order valence-corrected chi connectivity index (χ4v) is 1.30. The molecular weight excluding hydrogens is 216 g/mol. The van der Waals surface area contributed by atoms with Gasteiger partial charge in [0.15, 0.2) is 6.61 Å². The van der Waals surface area contributed by atoms with Crippen LogP contribution in [0.25, 0.3) is 0 Å². The first kappa shape index (κ1) is 13.5. The highest BCUT2D eigenvalue weighted by atomic mass is 16.5. The second kappa shape index (κ2) is 5.68. The highest BCUT2D eigenvalue weighted by molar-refractivity contribution is 5.75. The third kappa shape index (κ3) is 5.92. The van der Waals surface area contributed by atoms with E-state index < -0.39 is 5.91 Å². The first-order valence-electron chi connectivity index (χ1n) is 5.71. The summed E-state index contributed by atoms with van der Waals surface area (Å²) in [5, 5.41) is 2.27. The van der Waals surface area contributed by atoms with Crippen molar-refractivity contribution < 1.29 is 14.8 Å². The second-order valence-corrected chi connectivity index (χ2v) is 5.17. The van der Waals surface area contributed by atoms with Gasteiger partial charge in [-0.1, -0.05) is 0 Å². The molecule has 0 aliphatic heterocycles. The molecule has 0 bridgehead atoms. The summed E-state index contributed by atoms with van der Waals surface area (Å²) in [5.41, 5.74) is 6.45. The fourth-order valence-electron chi connectivity index (χ4n) is 1.30. The van der Waals surface area contributed by atoms with Gasteiger partial charge in [0.25, 0.3) is 5.91 Å². The number of ether oxygens (including phenoxy) is 1. The maximum atomic E-state index is 10.5. The van der Waals surface area contributed by atoms with Crippen molar-refractivity contribution in [2.45, 2.75) is 32.9 Å². The Kier molecular flexibility index (Phi) is 4.52. The summed E-state index contributed by atoms with van der Waals surface area (Å²) in [6.45, 7) is 7.39. The number of amides is 1. The van der Waals surface area contributed by atoms with Crippen molar-refractivity contribution in [1.82, 2.24) is 0 Å². The van der Waals surface area contributed by atoms with Gasteiger partial charge in [0.1, 0.15) is 12.3 Å². The quantitative estimate of drug-likeness (QED) is 0.779. The molecule has 0 aliphatic rings. The summed E-state index contributed by atoms with van der Waals surface area (Å²) in [5.74, 6) is 0.207. The van der Waals surface area contributed by atoms with Crippen LogP contribution in [0.2, 0.25) is 0 Å². The Morgan fingerprint density at radius 1 is 1.29 bits per heavy atom. The number of benzene rings is 1. The smallest absolute Gasteiger partial charge is 0.255 e. The van der Waals surface area contributed by atoms with Crippen molar-refractivity contribution in [1.29, 1.82) is 0 Å². The Balaban J connectivity index is 2.47. The van der Waals surface area contributed by atoms with Crippen LogP contribution >= 0.6 is 0 Å². The van der Waals surface area contributed by atoms with Gasteiger partial charge in [0.2, 0.25) is 0 Å². The van der Waals surface area contributed by atoms with Crippen LogP contribution in [0.5, 0.6) is 5.75 Å². The fraction of sp³-hybridized carbons (Fsp3) is 0.462. The zero-order chi connectivity index (χ0) is 12.9. The van der Waals surface area contributed by atoms with E-state index in [-0.39, 0.29) is 12.1 Å². The summed E-state index contributed by atoms with van der Waals surface area (Å²) >= 11 is 0. The van der Waals surface area contributed by atoms with E-state index in [1.807, 2.05) is 24.3 Å². The molecule has 0 atom stereocenters. The molecule has 0 heterocycles. The molecule has 4 nitrogen and oxygen atoms in total. The third-order valence-corrected chi connectivity index (χ3v) is 2.25. The average Bonchev–Trinajstić information content (AvgIpc) is 2.24. The summed E-state index contributed by atoms with van der Waals surface area (Å²) in [6, 6.07) is 7.71. The van der Waals surface area contributed by atoms with Crippen LogP contribution in [0.3, 0.4) is 0 Å². The normalized spacial score (nSPS) is 11.2. The van der Waals surface area contributed by atoms with Crippen LogP contribution in [0, 0.1) is 0 Å². The predicted octanol–water partition coefficient (Wildman–Crippen LogP) is 0.413. The van der Waals surface area contributed by atoms with Gasteiger partial charge < -0.3 is 15.8 Å². The molecule has 0 unspecified atom stereocenters. The molecular formula is C13H21N2O2+. The molecule has 4 heteroatoms. The molecule has 1 aromatic rings. The minimum Gasteiger partial charge on any atom is -0.484 e. The monoisotopic (exact) mass is 237 g/mol. The Morgan fingerprint density at radius 3 is 2.35 bits per heavy atom. The van der Waals surface area contributed by atoms with Crippen molar-refractivity contribution in [3.8, 4) is 5.75 Å². The molecule has 0 radical (unpaired) electrons. The lowest BCUT2D eigenvalue weighted by atomic mass is 10.1. The molecule has 0 fully saturated rings. The van der Waals surface area contributed by atoms with Crippen molar-refractivity contribution in [3.63, 3.8) is 0 Å². The Bertz CT molecular complexity index is 366. The van der Waals surface area contributed by atoms with Crippen LogP contribution in [0.15, 0.2) is 24.3 Å². The van der Waals surface area contributed by atoms with Crippen molar-refractivity contribution >= 4 is 5.91 Å². The van der Waals surface area contributed by atoms with Gasteiger partial charge in [0.05, 0.1) is 5.54 Å². The number of carbonyl (C=O) groups is 1. The SMILES string of the molecule is CC(C)(C)[NH2+]Cc1ccc(OCC(N)=O)cc1. The van der Waals surface area contributed by atoms with Crippen molar-refractivity contribution in [2.24, 2.45) is 5.73 Å². The van der Waals surface area contributed by atoms with E-state index in [4.69, 9.17) is 10.5 Å². The zero-order valence-electron chi connectivity index (χ0n) is 10.7. The molecule has 0 aliphatic carbocycles. The van der Waals surface area contributed by atoms with Crippen molar-refractivity contribution in [3.05, 3.63) is 29.8 Å². The van der Waals surface area contributed by atoms with Crippen LogP contribution in [0.4, 0.5) is 0 Å². The van der Waals surface area contributed by atoms with Crippen LogP contribution in [-0.2, 0) is 11.3 Å². The molecule has 0 spiro atoms. The van der Waals surface area contributed by atoms with Gasteiger partial charge in [-0.2, -0.15) is 0 Å². The molecule has 1 amide bonds. The zero-order valence-corrected chi connectivity index (χ0v) is 10.7. The van der Waals surface area contributed by atoms with Gasteiger partial charge in [-0.3, -0.25) is 4.79 Å². The van der Waals surface area contributed by atoms with E-state index >= 15 is 0 Å². The Morgan fingerprint density at radius 2 is 1.88 bits per heavy atom. The van der Waals surface area contributed by atoms with E-state index in [0.717, 1.165) is 6.54 Å². The summed E-state index contributed by atoms with van der Waals surface area (Å²) in [6.07, 6.45) is 0. The number of primary amides is 1. The van der Waals surface area contributed by atoms with Crippen LogP contribution in [-0.4, -0.2) is 18.1 Å². The van der Waals surface area contributed by atoms with Gasteiger partial charge in [-0.15, -0.1) is 0 Å². The minimum absolute atomic E-state index is 0.0759. The largest absolute Gasteiger partial charge is 0.484 e. The van der Waals surface area contributed by atoms with E-state index in [0.29, 0.717) is 5.75 Å². The van der Waals surface area contributed by atoms with Gasteiger partial charge in [-0.25, -0.2) is 0 Å². The maximum absolute atomic E-state index is 10.5. The molecule has 1 rings (SSSR count). The van der Waals surface area contributed by atoms with Crippen LogP contribution in [0.1, 0.15) is 26.3 Å². The van der Waals surface area contributed by atoms with E-state index in [1.54, 1.807) is 0 Å². The first-order chi connectivity index (χ1) is 7.87. The summed E-state index contributed by atoms with van der Waals surface area (Å²) in [7, 11) is 0. The number of carbonyl (C=O) groups excluding carboxylic acids is 1. The Labute approximate surface area is 102 Å². The Hall–Kier alpha value is -1.55. The average molecular weight is 237 g/mol. The lowest BCUT2D eigenvalue weighted by Gasteiger charge is -2.16. The summed E-state index contributed by atoms with van der Waals surface area (Å²) in [4.78, 5) is 10.5.